The summed E-state index contributed by atoms with van der Waals surface area (Å²) in [6.07, 6.45) is -0.506. The van der Waals surface area contributed by atoms with Crippen LogP contribution in [0.25, 0.3) is 0 Å². The number of carboxylic acids is 1. The molecule has 6 nitrogen and oxygen atoms in total. The smallest absolute Gasteiger partial charge is 0.318 e. The largest absolute Gasteiger partial charge is 0.481 e. The number of rotatable bonds is 4. The average Bonchev–Trinajstić information content (AvgIpc) is 2.92. The van der Waals surface area contributed by atoms with Crippen LogP contribution in [0.2, 0.25) is 0 Å². The number of carboxylic acid groups (broad SMARTS) is 1. The van der Waals surface area contributed by atoms with E-state index in [0.717, 1.165) is 4.88 Å². The summed E-state index contributed by atoms with van der Waals surface area (Å²) in [5.41, 5.74) is 0. The monoisotopic (exact) mass is 298 g/mol. The highest BCUT2D eigenvalue weighted by molar-refractivity contribution is 7.10. The number of carbonyl (C=O) groups is 2. The zero-order valence-corrected chi connectivity index (χ0v) is 12.1. The number of hydrogen-bond donors (Lipinski definition) is 2. The minimum absolute atomic E-state index is 0.0525. The summed E-state index contributed by atoms with van der Waals surface area (Å²) in [5, 5.41) is 13.7. The van der Waals surface area contributed by atoms with E-state index in [1.807, 2.05) is 24.4 Å². The molecule has 0 bridgehead atoms. The molecule has 7 heteroatoms. The van der Waals surface area contributed by atoms with Crippen LogP contribution in [-0.2, 0) is 9.53 Å². The number of urea groups is 1. The Morgan fingerprint density at radius 3 is 3.10 bits per heavy atom. The third-order valence-corrected chi connectivity index (χ3v) is 4.19. The summed E-state index contributed by atoms with van der Waals surface area (Å²) in [6, 6.07) is 3.69. The molecule has 0 spiro atoms. The van der Waals surface area contributed by atoms with Gasteiger partial charge in [-0.3, -0.25) is 4.79 Å². The standard InChI is InChI=1S/C13H18N2O4S/c1-9(11-3-2-6-20-11)14-13(18)15-4-5-19-10(8-15)7-12(16)17/h2-3,6,9-10H,4-5,7-8H2,1H3,(H,14,18)(H,16,17). The molecule has 2 rings (SSSR count). The SMILES string of the molecule is CC(NC(=O)N1CCOC(CC(=O)O)C1)c1cccs1. The minimum Gasteiger partial charge on any atom is -0.481 e. The first kappa shape index (κ1) is 14.8. The van der Waals surface area contributed by atoms with Gasteiger partial charge >= 0.3 is 12.0 Å². The molecule has 0 radical (unpaired) electrons. The van der Waals surface area contributed by atoms with Gasteiger partial charge in [-0.2, -0.15) is 0 Å². The van der Waals surface area contributed by atoms with Crippen molar-refractivity contribution in [3.63, 3.8) is 0 Å². The van der Waals surface area contributed by atoms with Crippen molar-refractivity contribution >= 4 is 23.3 Å². The maximum absolute atomic E-state index is 12.2. The number of aliphatic carboxylic acids is 1. The Morgan fingerprint density at radius 2 is 2.45 bits per heavy atom. The number of nitrogens with zero attached hydrogens (tertiary/aromatic N) is 1. The summed E-state index contributed by atoms with van der Waals surface area (Å²) in [4.78, 5) is 25.5. The predicted molar refractivity (Wildman–Crippen MR) is 74.8 cm³/mol. The molecule has 0 saturated carbocycles. The van der Waals surface area contributed by atoms with Gasteiger partial charge in [0.1, 0.15) is 0 Å². The second kappa shape index (κ2) is 6.71. The van der Waals surface area contributed by atoms with Crippen molar-refractivity contribution in [2.24, 2.45) is 0 Å². The maximum Gasteiger partial charge on any atom is 0.318 e. The highest BCUT2D eigenvalue weighted by Crippen LogP contribution is 2.18. The lowest BCUT2D eigenvalue weighted by molar-refractivity contribution is -0.141. The molecule has 0 aliphatic carbocycles. The highest BCUT2D eigenvalue weighted by atomic mass is 32.1. The Balaban J connectivity index is 1.87. The summed E-state index contributed by atoms with van der Waals surface area (Å²) >= 11 is 1.59. The van der Waals surface area contributed by atoms with E-state index in [1.165, 1.54) is 0 Å². The van der Waals surface area contributed by atoms with Gasteiger partial charge in [-0.15, -0.1) is 11.3 Å². The van der Waals surface area contributed by atoms with E-state index in [1.54, 1.807) is 16.2 Å². The number of nitrogens with one attached hydrogen (secondary N) is 1. The topological polar surface area (TPSA) is 78.9 Å². The number of morpholine rings is 1. The van der Waals surface area contributed by atoms with Crippen LogP contribution in [0.15, 0.2) is 17.5 Å². The van der Waals surface area contributed by atoms with E-state index >= 15 is 0 Å². The lowest BCUT2D eigenvalue weighted by Crippen LogP contribution is -2.50. The van der Waals surface area contributed by atoms with Gasteiger partial charge < -0.3 is 20.1 Å². The molecule has 1 aliphatic heterocycles. The molecule has 0 aromatic carbocycles. The average molecular weight is 298 g/mol. The second-order valence-electron chi connectivity index (χ2n) is 4.72. The van der Waals surface area contributed by atoms with E-state index in [2.05, 4.69) is 5.32 Å². The Labute approximate surface area is 121 Å². The summed E-state index contributed by atoms with van der Waals surface area (Å²) in [6.45, 7) is 3.10. The Hall–Kier alpha value is -1.60. The molecular weight excluding hydrogens is 280 g/mol. The fraction of sp³-hybridized carbons (Fsp3) is 0.538. The lowest BCUT2D eigenvalue weighted by atomic mass is 10.2. The minimum atomic E-state index is -0.913. The van der Waals surface area contributed by atoms with Crippen LogP contribution in [0.5, 0.6) is 0 Å². The molecule has 2 atom stereocenters. The first-order valence-electron chi connectivity index (χ1n) is 6.48. The van der Waals surface area contributed by atoms with Crippen molar-refractivity contribution in [2.75, 3.05) is 19.7 Å². The Bertz CT molecular complexity index is 463. The highest BCUT2D eigenvalue weighted by Gasteiger charge is 2.26. The van der Waals surface area contributed by atoms with Crippen LogP contribution < -0.4 is 5.32 Å². The van der Waals surface area contributed by atoms with Gasteiger partial charge in [0, 0.05) is 18.0 Å². The molecule has 1 aromatic rings. The fourth-order valence-electron chi connectivity index (χ4n) is 2.11. The van der Waals surface area contributed by atoms with Crippen molar-refractivity contribution in [2.45, 2.75) is 25.5 Å². The van der Waals surface area contributed by atoms with Crippen molar-refractivity contribution in [1.29, 1.82) is 0 Å². The van der Waals surface area contributed by atoms with Crippen LogP contribution in [-0.4, -0.2) is 47.8 Å². The molecule has 1 aromatic heterocycles. The van der Waals surface area contributed by atoms with Gasteiger partial charge in [0.25, 0.3) is 0 Å². The predicted octanol–water partition coefficient (Wildman–Crippen LogP) is 1.69. The van der Waals surface area contributed by atoms with Crippen molar-refractivity contribution in [1.82, 2.24) is 10.2 Å². The molecule has 1 fully saturated rings. The van der Waals surface area contributed by atoms with Crippen molar-refractivity contribution in [3.05, 3.63) is 22.4 Å². The molecule has 2 N–H and O–H groups in total. The third-order valence-electron chi connectivity index (χ3n) is 3.14. The van der Waals surface area contributed by atoms with Crippen LogP contribution in [0, 0.1) is 0 Å². The normalized spacial score (nSPS) is 20.4. The second-order valence-corrected chi connectivity index (χ2v) is 5.70. The first-order chi connectivity index (χ1) is 9.56. The molecule has 2 heterocycles. The number of carbonyl (C=O) groups excluding carboxylic acids is 1. The van der Waals surface area contributed by atoms with Gasteiger partial charge in [-0.25, -0.2) is 4.79 Å². The summed E-state index contributed by atoms with van der Waals surface area (Å²) in [7, 11) is 0. The van der Waals surface area contributed by atoms with Gasteiger partial charge in [0.15, 0.2) is 0 Å². The molecule has 2 amide bonds. The van der Waals surface area contributed by atoms with Gasteiger partial charge in [-0.05, 0) is 18.4 Å². The van der Waals surface area contributed by atoms with Crippen molar-refractivity contribution < 1.29 is 19.4 Å². The number of amides is 2. The zero-order valence-electron chi connectivity index (χ0n) is 11.2. The fourth-order valence-corrected chi connectivity index (χ4v) is 2.84. The quantitative estimate of drug-likeness (QED) is 0.886. The molecule has 2 unspecified atom stereocenters. The Kier molecular flexibility index (Phi) is 4.97. The van der Waals surface area contributed by atoms with Crippen LogP contribution in [0.4, 0.5) is 4.79 Å². The Morgan fingerprint density at radius 1 is 1.65 bits per heavy atom. The van der Waals surface area contributed by atoms with Crippen LogP contribution in [0.3, 0.4) is 0 Å². The van der Waals surface area contributed by atoms with Gasteiger partial charge in [0.2, 0.25) is 0 Å². The van der Waals surface area contributed by atoms with Gasteiger partial charge in [-0.1, -0.05) is 6.07 Å². The molecular formula is C13H18N2O4S. The number of thiophene rings is 1. The molecule has 1 aliphatic rings. The molecule has 1 saturated heterocycles. The lowest BCUT2D eigenvalue weighted by Gasteiger charge is -2.33. The third kappa shape index (κ3) is 3.94. The maximum atomic E-state index is 12.2. The number of hydrogen-bond acceptors (Lipinski definition) is 4. The van der Waals surface area contributed by atoms with E-state index in [-0.39, 0.29) is 18.5 Å². The van der Waals surface area contributed by atoms with E-state index in [9.17, 15) is 9.59 Å². The van der Waals surface area contributed by atoms with Crippen LogP contribution >= 0.6 is 11.3 Å². The van der Waals surface area contributed by atoms with E-state index < -0.39 is 12.1 Å². The summed E-state index contributed by atoms with van der Waals surface area (Å²) in [5.74, 6) is -0.913. The number of ether oxygens (including phenoxy) is 1. The van der Waals surface area contributed by atoms with Gasteiger partial charge in [0.05, 0.1) is 25.2 Å². The van der Waals surface area contributed by atoms with E-state index in [0.29, 0.717) is 19.7 Å². The van der Waals surface area contributed by atoms with Crippen molar-refractivity contribution in [3.8, 4) is 0 Å². The zero-order chi connectivity index (χ0) is 14.5. The molecule has 110 valence electrons. The van der Waals surface area contributed by atoms with E-state index in [4.69, 9.17) is 9.84 Å². The first-order valence-corrected chi connectivity index (χ1v) is 7.36. The summed E-state index contributed by atoms with van der Waals surface area (Å²) < 4.78 is 5.35. The van der Waals surface area contributed by atoms with Crippen LogP contribution in [0.1, 0.15) is 24.3 Å². The molecule has 20 heavy (non-hydrogen) atoms.